The lowest BCUT2D eigenvalue weighted by Gasteiger charge is -2.10. The molecule has 0 aliphatic carbocycles. The number of anilines is 1. The second kappa shape index (κ2) is 5.66. The molecule has 2 aromatic rings. The van der Waals surface area contributed by atoms with Crippen LogP contribution in [0.2, 0.25) is 0 Å². The van der Waals surface area contributed by atoms with Gasteiger partial charge < -0.3 is 5.32 Å². The molecule has 104 valence electrons. The van der Waals surface area contributed by atoms with Crippen molar-refractivity contribution in [3.63, 3.8) is 0 Å². The van der Waals surface area contributed by atoms with Gasteiger partial charge in [0.2, 0.25) is 0 Å². The van der Waals surface area contributed by atoms with Crippen LogP contribution >= 0.6 is 15.9 Å². The minimum Gasteiger partial charge on any atom is -0.322 e. The standard InChI is InChI=1S/C14H9BrF3NO/c1-7-2-12(18)11(15)6-13(7)19-14(20)8-3-9(16)5-10(17)4-8/h2-6H,1H3,(H,19,20). The van der Waals surface area contributed by atoms with Crippen LogP contribution in [0, 0.1) is 24.4 Å². The molecule has 1 N–H and O–H groups in total. The Balaban J connectivity index is 2.30. The average molecular weight is 344 g/mol. The number of amides is 1. The Labute approximate surface area is 121 Å². The molecule has 0 heterocycles. The van der Waals surface area contributed by atoms with Crippen molar-refractivity contribution in [3.8, 4) is 0 Å². The smallest absolute Gasteiger partial charge is 0.255 e. The first-order chi connectivity index (χ1) is 9.36. The van der Waals surface area contributed by atoms with Gasteiger partial charge in [0.05, 0.1) is 4.47 Å². The Morgan fingerprint density at radius 3 is 2.25 bits per heavy atom. The van der Waals surface area contributed by atoms with Crippen LogP contribution in [-0.4, -0.2) is 5.91 Å². The molecule has 20 heavy (non-hydrogen) atoms. The van der Waals surface area contributed by atoms with E-state index in [1.54, 1.807) is 6.92 Å². The van der Waals surface area contributed by atoms with Gasteiger partial charge in [0, 0.05) is 17.3 Å². The Hall–Kier alpha value is -1.82. The molecule has 0 radical (unpaired) electrons. The molecule has 0 spiro atoms. The lowest BCUT2D eigenvalue weighted by molar-refractivity contribution is 0.102. The van der Waals surface area contributed by atoms with E-state index >= 15 is 0 Å². The van der Waals surface area contributed by atoms with E-state index in [2.05, 4.69) is 21.2 Å². The van der Waals surface area contributed by atoms with Gasteiger partial charge in [-0.2, -0.15) is 0 Å². The molecule has 2 nitrogen and oxygen atoms in total. The molecular formula is C14H9BrF3NO. The summed E-state index contributed by atoms with van der Waals surface area (Å²) in [6, 6.07) is 5.15. The fraction of sp³-hybridized carbons (Fsp3) is 0.0714. The molecule has 0 aliphatic rings. The number of aryl methyl sites for hydroxylation is 1. The van der Waals surface area contributed by atoms with Crippen molar-refractivity contribution in [2.24, 2.45) is 0 Å². The van der Waals surface area contributed by atoms with Crippen LogP contribution < -0.4 is 5.32 Å². The molecule has 6 heteroatoms. The Morgan fingerprint density at radius 1 is 1.05 bits per heavy atom. The van der Waals surface area contributed by atoms with Gasteiger partial charge in [-0.3, -0.25) is 4.79 Å². The number of nitrogens with one attached hydrogen (secondary N) is 1. The van der Waals surface area contributed by atoms with Crippen molar-refractivity contribution in [3.05, 3.63) is 63.4 Å². The SMILES string of the molecule is Cc1cc(F)c(Br)cc1NC(=O)c1cc(F)cc(F)c1. The molecule has 2 aromatic carbocycles. The predicted molar refractivity (Wildman–Crippen MR) is 73.1 cm³/mol. The van der Waals surface area contributed by atoms with E-state index in [1.807, 2.05) is 0 Å². The highest BCUT2D eigenvalue weighted by Gasteiger charge is 2.12. The lowest BCUT2D eigenvalue weighted by atomic mass is 10.1. The second-order valence-electron chi connectivity index (χ2n) is 4.19. The summed E-state index contributed by atoms with van der Waals surface area (Å²) in [6.45, 7) is 1.61. The fourth-order valence-corrected chi connectivity index (χ4v) is 2.00. The Bertz CT molecular complexity index is 668. The van der Waals surface area contributed by atoms with Gasteiger partial charge in [-0.05, 0) is 52.7 Å². The molecule has 0 saturated carbocycles. The van der Waals surface area contributed by atoms with Gasteiger partial charge in [-0.25, -0.2) is 13.2 Å². The molecule has 0 atom stereocenters. The third-order valence-corrected chi connectivity index (χ3v) is 3.25. The highest BCUT2D eigenvalue weighted by Crippen LogP contribution is 2.24. The molecule has 1 amide bonds. The third-order valence-electron chi connectivity index (χ3n) is 2.64. The van der Waals surface area contributed by atoms with E-state index in [4.69, 9.17) is 0 Å². The van der Waals surface area contributed by atoms with Gasteiger partial charge in [-0.15, -0.1) is 0 Å². The van der Waals surface area contributed by atoms with Crippen LogP contribution in [0.25, 0.3) is 0 Å². The summed E-state index contributed by atoms with van der Waals surface area (Å²) in [6.07, 6.45) is 0. The summed E-state index contributed by atoms with van der Waals surface area (Å²) in [4.78, 5) is 11.9. The van der Waals surface area contributed by atoms with Crippen LogP contribution in [0.1, 0.15) is 15.9 Å². The topological polar surface area (TPSA) is 29.1 Å². The number of hydrogen-bond acceptors (Lipinski definition) is 1. The first-order valence-corrected chi connectivity index (χ1v) is 6.39. The molecule has 2 rings (SSSR count). The van der Waals surface area contributed by atoms with Gasteiger partial charge in [0.25, 0.3) is 5.91 Å². The van der Waals surface area contributed by atoms with Gasteiger partial charge >= 0.3 is 0 Å². The number of halogens is 4. The monoisotopic (exact) mass is 343 g/mol. The molecule has 0 bridgehead atoms. The minimum atomic E-state index is -0.841. The first-order valence-electron chi connectivity index (χ1n) is 5.60. The van der Waals surface area contributed by atoms with Gasteiger partial charge in [0.15, 0.2) is 0 Å². The Kier molecular flexibility index (Phi) is 4.13. The normalized spacial score (nSPS) is 10.4. The number of hydrogen-bond donors (Lipinski definition) is 1. The molecule has 0 aliphatic heterocycles. The van der Waals surface area contributed by atoms with Crippen LogP contribution in [0.15, 0.2) is 34.8 Å². The zero-order valence-corrected chi connectivity index (χ0v) is 11.9. The number of carbonyl (C=O) groups excluding carboxylic acids is 1. The maximum atomic E-state index is 13.3. The van der Waals surface area contributed by atoms with Gasteiger partial charge in [0.1, 0.15) is 17.5 Å². The van der Waals surface area contributed by atoms with Crippen molar-refractivity contribution in [2.45, 2.75) is 6.92 Å². The van der Waals surface area contributed by atoms with Crippen molar-refractivity contribution in [2.75, 3.05) is 5.32 Å². The summed E-state index contributed by atoms with van der Waals surface area (Å²) in [5, 5.41) is 2.48. The highest BCUT2D eigenvalue weighted by molar-refractivity contribution is 9.10. The van der Waals surface area contributed by atoms with E-state index in [0.717, 1.165) is 12.1 Å². The van der Waals surface area contributed by atoms with E-state index < -0.39 is 23.4 Å². The van der Waals surface area contributed by atoms with Crippen LogP contribution in [0.5, 0.6) is 0 Å². The summed E-state index contributed by atoms with van der Waals surface area (Å²) in [5.41, 5.74) is 0.700. The average Bonchev–Trinajstić information content (AvgIpc) is 2.34. The largest absolute Gasteiger partial charge is 0.322 e. The minimum absolute atomic E-state index is 0.151. The molecule has 0 aromatic heterocycles. The fourth-order valence-electron chi connectivity index (χ4n) is 1.66. The maximum absolute atomic E-state index is 13.3. The highest BCUT2D eigenvalue weighted by atomic mass is 79.9. The van der Waals surface area contributed by atoms with E-state index in [-0.39, 0.29) is 10.0 Å². The van der Waals surface area contributed by atoms with E-state index in [0.29, 0.717) is 17.3 Å². The van der Waals surface area contributed by atoms with Crippen molar-refractivity contribution in [1.82, 2.24) is 0 Å². The van der Waals surface area contributed by atoms with Crippen LogP contribution in [0.4, 0.5) is 18.9 Å². The molecule has 0 fully saturated rings. The Morgan fingerprint density at radius 2 is 1.65 bits per heavy atom. The third kappa shape index (κ3) is 3.19. The zero-order valence-electron chi connectivity index (χ0n) is 10.3. The maximum Gasteiger partial charge on any atom is 0.255 e. The van der Waals surface area contributed by atoms with Gasteiger partial charge in [-0.1, -0.05) is 0 Å². The zero-order chi connectivity index (χ0) is 14.9. The summed E-state index contributed by atoms with van der Waals surface area (Å²) in [5.74, 6) is -2.82. The number of carbonyl (C=O) groups is 1. The van der Waals surface area contributed by atoms with Crippen molar-refractivity contribution in [1.29, 1.82) is 0 Å². The molecule has 0 unspecified atom stereocenters. The van der Waals surface area contributed by atoms with Crippen molar-refractivity contribution < 1.29 is 18.0 Å². The quantitative estimate of drug-likeness (QED) is 0.858. The van der Waals surface area contributed by atoms with Crippen LogP contribution in [0.3, 0.4) is 0 Å². The molecular weight excluding hydrogens is 335 g/mol. The second-order valence-corrected chi connectivity index (χ2v) is 5.05. The lowest BCUT2D eigenvalue weighted by Crippen LogP contribution is -2.13. The van der Waals surface area contributed by atoms with E-state index in [1.165, 1.54) is 12.1 Å². The summed E-state index contributed by atoms with van der Waals surface area (Å²) in [7, 11) is 0. The number of rotatable bonds is 2. The number of benzene rings is 2. The van der Waals surface area contributed by atoms with E-state index in [9.17, 15) is 18.0 Å². The predicted octanol–water partition coefficient (Wildman–Crippen LogP) is 4.43. The summed E-state index contributed by atoms with van der Waals surface area (Å²) >= 11 is 3.00. The van der Waals surface area contributed by atoms with Crippen LogP contribution in [-0.2, 0) is 0 Å². The first kappa shape index (κ1) is 14.6. The van der Waals surface area contributed by atoms with Crippen molar-refractivity contribution >= 4 is 27.5 Å². The summed E-state index contributed by atoms with van der Waals surface area (Å²) < 4.78 is 39.5. The molecule has 0 saturated heterocycles.